The van der Waals surface area contributed by atoms with Crippen LogP contribution in [0, 0.1) is 6.92 Å². The third-order valence-corrected chi connectivity index (χ3v) is 2.47. The van der Waals surface area contributed by atoms with Gasteiger partial charge < -0.3 is 10.6 Å². The number of carbonyl (C=O) groups is 1. The number of hydrogen-bond acceptors (Lipinski definition) is 3. The Morgan fingerprint density at radius 1 is 1.65 bits per heavy atom. The second-order valence-electron chi connectivity index (χ2n) is 3.94. The Bertz CT molecular complexity index is 415. The van der Waals surface area contributed by atoms with E-state index < -0.39 is 0 Å². The number of anilines is 1. The van der Waals surface area contributed by atoms with Gasteiger partial charge in [0.1, 0.15) is 0 Å². The maximum Gasteiger partial charge on any atom is 0.256 e. The number of hydrogen-bond donors (Lipinski definition) is 1. The zero-order chi connectivity index (χ0) is 12.8. The third kappa shape index (κ3) is 3.31. The second kappa shape index (κ2) is 6.03. The highest BCUT2D eigenvalue weighted by molar-refractivity contribution is 5.96. The van der Waals surface area contributed by atoms with Crippen molar-refractivity contribution in [1.29, 1.82) is 0 Å². The number of nitrogens with two attached hydrogens (primary N) is 1. The van der Waals surface area contributed by atoms with E-state index in [9.17, 15) is 4.79 Å². The predicted molar refractivity (Wildman–Crippen MR) is 69.8 cm³/mol. The number of pyridine rings is 1. The highest BCUT2D eigenvalue weighted by Gasteiger charge is 2.16. The van der Waals surface area contributed by atoms with E-state index in [1.54, 1.807) is 23.2 Å². The second-order valence-corrected chi connectivity index (χ2v) is 3.94. The fourth-order valence-electron chi connectivity index (χ4n) is 1.64. The lowest BCUT2D eigenvalue weighted by atomic mass is 10.1. The van der Waals surface area contributed by atoms with Crippen LogP contribution in [-0.2, 0) is 0 Å². The molecule has 17 heavy (non-hydrogen) atoms. The van der Waals surface area contributed by atoms with Crippen LogP contribution in [0.4, 0.5) is 5.69 Å². The molecule has 92 valence electrons. The van der Waals surface area contributed by atoms with E-state index in [0.29, 0.717) is 30.0 Å². The molecule has 2 N–H and O–H groups in total. The van der Waals surface area contributed by atoms with Crippen molar-refractivity contribution in [3.8, 4) is 0 Å². The lowest BCUT2D eigenvalue weighted by molar-refractivity contribution is 0.0773. The Morgan fingerprint density at radius 3 is 2.94 bits per heavy atom. The number of nitrogens with zero attached hydrogens (tertiary/aromatic N) is 2. The lowest BCUT2D eigenvalue weighted by Crippen LogP contribution is -2.32. The highest BCUT2D eigenvalue weighted by atomic mass is 16.2. The molecule has 1 heterocycles. The van der Waals surface area contributed by atoms with Crippen molar-refractivity contribution in [1.82, 2.24) is 9.88 Å². The predicted octanol–water partition coefficient (Wildman–Crippen LogP) is 2.01. The topological polar surface area (TPSA) is 59.2 Å². The number of nitrogen functional groups attached to an aromatic ring is 1. The van der Waals surface area contributed by atoms with Gasteiger partial charge in [-0.2, -0.15) is 0 Å². The van der Waals surface area contributed by atoms with Gasteiger partial charge >= 0.3 is 0 Å². The minimum atomic E-state index is -0.0379. The minimum absolute atomic E-state index is 0.0379. The number of aromatic nitrogens is 1. The zero-order valence-electron chi connectivity index (χ0n) is 10.4. The van der Waals surface area contributed by atoms with Crippen molar-refractivity contribution in [2.24, 2.45) is 0 Å². The quantitative estimate of drug-likeness (QED) is 0.791. The van der Waals surface area contributed by atoms with Crippen molar-refractivity contribution in [3.63, 3.8) is 0 Å². The maximum absolute atomic E-state index is 12.3. The molecule has 1 amide bonds. The molecule has 0 aromatic carbocycles. The molecule has 0 atom stereocenters. The molecule has 1 rings (SSSR count). The molecule has 4 heteroatoms. The Morgan fingerprint density at radius 2 is 2.35 bits per heavy atom. The van der Waals surface area contributed by atoms with Crippen LogP contribution in [0.5, 0.6) is 0 Å². The first kappa shape index (κ1) is 13.2. The fourth-order valence-corrected chi connectivity index (χ4v) is 1.64. The van der Waals surface area contributed by atoms with Crippen LogP contribution in [0.25, 0.3) is 0 Å². The largest absolute Gasteiger partial charge is 0.397 e. The van der Waals surface area contributed by atoms with Gasteiger partial charge in [-0.05, 0) is 19.4 Å². The summed E-state index contributed by atoms with van der Waals surface area (Å²) in [5.74, 6) is -0.0379. The van der Waals surface area contributed by atoms with E-state index >= 15 is 0 Å². The van der Waals surface area contributed by atoms with E-state index in [4.69, 9.17) is 5.73 Å². The molecule has 0 radical (unpaired) electrons. The van der Waals surface area contributed by atoms with Crippen molar-refractivity contribution < 1.29 is 4.79 Å². The maximum atomic E-state index is 12.3. The smallest absolute Gasteiger partial charge is 0.256 e. The van der Waals surface area contributed by atoms with Crippen molar-refractivity contribution in [2.45, 2.75) is 20.3 Å². The Kier molecular flexibility index (Phi) is 4.69. The van der Waals surface area contributed by atoms with Gasteiger partial charge in [0.2, 0.25) is 0 Å². The van der Waals surface area contributed by atoms with Crippen LogP contribution in [0.3, 0.4) is 0 Å². The van der Waals surface area contributed by atoms with Crippen LogP contribution < -0.4 is 5.73 Å². The van der Waals surface area contributed by atoms with Crippen LogP contribution in [-0.4, -0.2) is 28.9 Å². The Balaban J connectivity index is 2.99. The summed E-state index contributed by atoms with van der Waals surface area (Å²) in [6.07, 6.45) is 4.20. The molecule has 0 saturated heterocycles. The number of carbonyl (C=O) groups excluding carboxylic acids is 1. The third-order valence-electron chi connectivity index (χ3n) is 2.47. The van der Waals surface area contributed by atoms with Gasteiger partial charge in [-0.3, -0.25) is 9.78 Å². The van der Waals surface area contributed by atoms with Gasteiger partial charge in [0, 0.05) is 13.1 Å². The lowest BCUT2D eigenvalue weighted by Gasteiger charge is -2.21. The molecular formula is C13H19N3O. The van der Waals surface area contributed by atoms with E-state index in [1.165, 1.54) is 0 Å². The molecule has 0 saturated carbocycles. The molecule has 0 unspecified atom stereocenters. The van der Waals surface area contributed by atoms with Crippen molar-refractivity contribution in [2.75, 3.05) is 18.8 Å². The number of aryl methyl sites for hydroxylation is 1. The summed E-state index contributed by atoms with van der Waals surface area (Å²) in [4.78, 5) is 18.1. The van der Waals surface area contributed by atoms with Gasteiger partial charge in [-0.15, -0.1) is 6.58 Å². The first-order valence-electron chi connectivity index (χ1n) is 5.72. The molecule has 1 aromatic rings. The van der Waals surface area contributed by atoms with E-state index in [2.05, 4.69) is 11.6 Å². The zero-order valence-corrected chi connectivity index (χ0v) is 10.4. The molecule has 0 aliphatic rings. The van der Waals surface area contributed by atoms with E-state index in [1.807, 2.05) is 13.8 Å². The molecule has 1 aromatic heterocycles. The van der Waals surface area contributed by atoms with E-state index in [0.717, 1.165) is 6.42 Å². The van der Waals surface area contributed by atoms with Gasteiger partial charge in [0.15, 0.2) is 0 Å². The Hall–Kier alpha value is -1.84. The molecule has 0 spiro atoms. The van der Waals surface area contributed by atoms with Crippen LogP contribution >= 0.6 is 0 Å². The summed E-state index contributed by atoms with van der Waals surface area (Å²) in [5, 5.41) is 0. The number of rotatable bonds is 5. The van der Waals surface area contributed by atoms with Gasteiger partial charge in [-0.1, -0.05) is 13.0 Å². The monoisotopic (exact) mass is 233 g/mol. The average Bonchev–Trinajstić information content (AvgIpc) is 2.31. The standard InChI is InChI=1S/C13H19N3O/c1-4-6-16(7-5-2)13(17)12-8-11(14)9-15-10(12)3/h4,8-9H,1,5-7,14H2,2-3H3. The summed E-state index contributed by atoms with van der Waals surface area (Å²) < 4.78 is 0. The van der Waals surface area contributed by atoms with Crippen LogP contribution in [0.2, 0.25) is 0 Å². The van der Waals surface area contributed by atoms with Crippen molar-refractivity contribution in [3.05, 3.63) is 36.2 Å². The fraction of sp³-hybridized carbons (Fsp3) is 0.385. The SMILES string of the molecule is C=CCN(CCC)C(=O)c1cc(N)cnc1C. The summed E-state index contributed by atoms with van der Waals surface area (Å²) in [7, 11) is 0. The van der Waals surface area contributed by atoms with E-state index in [-0.39, 0.29) is 5.91 Å². The van der Waals surface area contributed by atoms with Crippen LogP contribution in [0.15, 0.2) is 24.9 Å². The first-order valence-corrected chi connectivity index (χ1v) is 5.72. The summed E-state index contributed by atoms with van der Waals surface area (Å²) in [5.41, 5.74) is 7.44. The molecule has 0 fully saturated rings. The molecular weight excluding hydrogens is 214 g/mol. The van der Waals surface area contributed by atoms with Crippen LogP contribution in [0.1, 0.15) is 29.4 Å². The minimum Gasteiger partial charge on any atom is -0.397 e. The Labute approximate surface area is 102 Å². The normalized spacial score (nSPS) is 10.0. The molecule has 4 nitrogen and oxygen atoms in total. The summed E-state index contributed by atoms with van der Waals surface area (Å²) in [6, 6.07) is 1.68. The molecule has 0 aliphatic carbocycles. The number of amides is 1. The van der Waals surface area contributed by atoms with Gasteiger partial charge in [-0.25, -0.2) is 0 Å². The summed E-state index contributed by atoms with van der Waals surface area (Å²) in [6.45, 7) is 8.76. The molecule has 0 aliphatic heterocycles. The summed E-state index contributed by atoms with van der Waals surface area (Å²) >= 11 is 0. The van der Waals surface area contributed by atoms with Gasteiger partial charge in [0.25, 0.3) is 5.91 Å². The molecule has 0 bridgehead atoms. The van der Waals surface area contributed by atoms with Gasteiger partial charge in [0.05, 0.1) is 23.1 Å². The van der Waals surface area contributed by atoms with Crippen molar-refractivity contribution >= 4 is 11.6 Å². The first-order chi connectivity index (χ1) is 8.10. The average molecular weight is 233 g/mol. The highest BCUT2D eigenvalue weighted by Crippen LogP contribution is 2.12.